The molecule has 22 heavy (non-hydrogen) atoms. The number of hydrogen-bond acceptors (Lipinski definition) is 3. The molecule has 0 atom stereocenters. The summed E-state index contributed by atoms with van der Waals surface area (Å²) in [6.07, 6.45) is 3.76. The van der Waals surface area contributed by atoms with E-state index >= 15 is 0 Å². The number of pyridine rings is 1. The molecule has 2 nitrogen and oxygen atoms in total. The highest BCUT2D eigenvalue weighted by molar-refractivity contribution is 7.98. The average molecular weight is 376 g/mol. The van der Waals surface area contributed by atoms with Crippen molar-refractivity contribution in [1.82, 2.24) is 10.3 Å². The van der Waals surface area contributed by atoms with Crippen LogP contribution < -0.4 is 5.32 Å². The van der Waals surface area contributed by atoms with Crippen LogP contribution in [0.1, 0.15) is 16.8 Å². The Labute approximate surface area is 151 Å². The zero-order valence-corrected chi connectivity index (χ0v) is 15.1. The number of fused-ring (bicyclic) bond motifs is 1. The molecular formula is C16H17Cl3N2S. The van der Waals surface area contributed by atoms with Crippen LogP contribution in [0.4, 0.5) is 0 Å². The van der Waals surface area contributed by atoms with Gasteiger partial charge in [-0.05, 0) is 55.3 Å². The number of aromatic nitrogens is 1. The molecule has 0 saturated carbocycles. The first kappa shape index (κ1) is 17.9. The standard InChI is InChI=1S/C16H16Cl2N2S.ClH/c17-14-9-15(18)16(13-5-8-19-7-4-12(13)14)21-10-11-3-1-2-6-20-11;/h1-3,6,9,19H,4-5,7-8,10H2;1H. The fourth-order valence-electron chi connectivity index (χ4n) is 2.56. The molecule has 0 radical (unpaired) electrons. The van der Waals surface area contributed by atoms with Crippen molar-refractivity contribution in [3.05, 3.63) is 57.3 Å². The van der Waals surface area contributed by atoms with Gasteiger partial charge in [-0.25, -0.2) is 0 Å². The second kappa shape index (κ2) is 8.42. The maximum Gasteiger partial charge on any atom is 0.0559 e. The quantitative estimate of drug-likeness (QED) is 0.781. The van der Waals surface area contributed by atoms with E-state index in [1.54, 1.807) is 11.8 Å². The van der Waals surface area contributed by atoms with Crippen molar-refractivity contribution >= 4 is 47.4 Å². The van der Waals surface area contributed by atoms with Crippen LogP contribution in [0.25, 0.3) is 0 Å². The summed E-state index contributed by atoms with van der Waals surface area (Å²) in [7, 11) is 0. The van der Waals surface area contributed by atoms with Gasteiger partial charge in [-0.1, -0.05) is 29.3 Å². The maximum absolute atomic E-state index is 6.44. The van der Waals surface area contributed by atoms with Crippen molar-refractivity contribution in [2.45, 2.75) is 23.5 Å². The van der Waals surface area contributed by atoms with Crippen molar-refractivity contribution in [2.75, 3.05) is 13.1 Å². The number of nitrogens with one attached hydrogen (secondary N) is 1. The van der Waals surface area contributed by atoms with E-state index in [9.17, 15) is 0 Å². The first-order chi connectivity index (χ1) is 10.3. The molecule has 0 amide bonds. The van der Waals surface area contributed by atoms with Crippen LogP contribution in [0.15, 0.2) is 35.4 Å². The van der Waals surface area contributed by atoms with Gasteiger partial charge in [0.05, 0.1) is 10.7 Å². The summed E-state index contributed by atoms with van der Waals surface area (Å²) < 4.78 is 0. The van der Waals surface area contributed by atoms with E-state index < -0.39 is 0 Å². The van der Waals surface area contributed by atoms with Crippen LogP contribution in [-0.2, 0) is 18.6 Å². The number of hydrogen-bond donors (Lipinski definition) is 1. The van der Waals surface area contributed by atoms with Gasteiger partial charge in [0, 0.05) is 21.9 Å². The fraction of sp³-hybridized carbons (Fsp3) is 0.312. The highest BCUT2D eigenvalue weighted by atomic mass is 35.5. The van der Waals surface area contributed by atoms with Gasteiger partial charge in [0.25, 0.3) is 0 Å². The Hall–Kier alpha value is -0.450. The molecule has 2 heterocycles. The summed E-state index contributed by atoms with van der Waals surface area (Å²) in [5, 5.41) is 4.96. The number of nitrogens with zero attached hydrogens (tertiary/aromatic N) is 1. The number of rotatable bonds is 3. The van der Waals surface area contributed by atoms with E-state index in [4.69, 9.17) is 23.2 Å². The smallest absolute Gasteiger partial charge is 0.0559 e. The number of halogens is 3. The van der Waals surface area contributed by atoms with Gasteiger partial charge < -0.3 is 5.32 Å². The largest absolute Gasteiger partial charge is 0.316 e. The van der Waals surface area contributed by atoms with Gasteiger partial charge in [0.15, 0.2) is 0 Å². The van der Waals surface area contributed by atoms with Crippen molar-refractivity contribution < 1.29 is 0 Å². The molecule has 3 rings (SSSR count). The van der Waals surface area contributed by atoms with Crippen LogP contribution in [0, 0.1) is 0 Å². The van der Waals surface area contributed by atoms with Crippen LogP contribution in [-0.4, -0.2) is 18.1 Å². The highest BCUT2D eigenvalue weighted by Crippen LogP contribution is 2.39. The third-order valence-corrected chi connectivity index (χ3v) is 5.53. The van der Waals surface area contributed by atoms with Crippen molar-refractivity contribution in [3.8, 4) is 0 Å². The highest BCUT2D eigenvalue weighted by Gasteiger charge is 2.18. The van der Waals surface area contributed by atoms with Crippen LogP contribution >= 0.6 is 47.4 Å². The van der Waals surface area contributed by atoms with E-state index in [1.807, 2.05) is 30.5 Å². The second-order valence-corrected chi connectivity index (χ2v) is 6.79. The van der Waals surface area contributed by atoms with Crippen LogP contribution in [0.2, 0.25) is 10.0 Å². The minimum Gasteiger partial charge on any atom is -0.316 e. The molecule has 118 valence electrons. The Kier molecular flexibility index (Phi) is 6.85. The summed E-state index contributed by atoms with van der Waals surface area (Å²) in [5.41, 5.74) is 3.61. The molecule has 1 aromatic heterocycles. The maximum atomic E-state index is 6.44. The summed E-state index contributed by atoms with van der Waals surface area (Å²) in [6, 6.07) is 7.86. The summed E-state index contributed by atoms with van der Waals surface area (Å²) in [5.74, 6) is 0.821. The molecule has 0 spiro atoms. The lowest BCUT2D eigenvalue weighted by molar-refractivity contribution is 0.709. The van der Waals surface area contributed by atoms with Crippen molar-refractivity contribution in [2.24, 2.45) is 0 Å². The predicted octanol–water partition coefficient (Wildman–Crippen LogP) is 4.79. The normalized spacial score (nSPS) is 13.9. The molecule has 0 bridgehead atoms. The third-order valence-electron chi connectivity index (χ3n) is 3.59. The van der Waals surface area contributed by atoms with Crippen molar-refractivity contribution in [1.29, 1.82) is 0 Å². The molecule has 0 fully saturated rings. The van der Waals surface area contributed by atoms with E-state index in [0.717, 1.165) is 52.3 Å². The van der Waals surface area contributed by atoms with Crippen LogP contribution in [0.5, 0.6) is 0 Å². The van der Waals surface area contributed by atoms with Gasteiger partial charge in [0.2, 0.25) is 0 Å². The molecule has 1 aromatic carbocycles. The Balaban J connectivity index is 0.00000176. The molecule has 0 aliphatic carbocycles. The Morgan fingerprint density at radius 1 is 1.09 bits per heavy atom. The summed E-state index contributed by atoms with van der Waals surface area (Å²) in [6.45, 7) is 1.94. The molecule has 0 saturated heterocycles. The lowest BCUT2D eigenvalue weighted by Crippen LogP contribution is -2.16. The lowest BCUT2D eigenvalue weighted by atomic mass is 10.0. The molecule has 0 unspecified atom stereocenters. The van der Waals surface area contributed by atoms with E-state index in [2.05, 4.69) is 10.3 Å². The number of benzene rings is 1. The first-order valence-corrected chi connectivity index (χ1v) is 8.73. The second-order valence-electron chi connectivity index (χ2n) is 4.99. The third kappa shape index (κ3) is 4.09. The Morgan fingerprint density at radius 3 is 2.59 bits per heavy atom. The fourth-order valence-corrected chi connectivity index (χ4v) is 4.38. The average Bonchev–Trinajstić information content (AvgIpc) is 2.74. The van der Waals surface area contributed by atoms with E-state index in [-0.39, 0.29) is 12.4 Å². The molecule has 1 N–H and O–H groups in total. The van der Waals surface area contributed by atoms with Crippen molar-refractivity contribution in [3.63, 3.8) is 0 Å². The number of thioether (sulfide) groups is 1. The first-order valence-electron chi connectivity index (χ1n) is 6.99. The summed E-state index contributed by atoms with van der Waals surface area (Å²) >= 11 is 14.6. The molecule has 2 aromatic rings. The van der Waals surface area contributed by atoms with Crippen LogP contribution in [0.3, 0.4) is 0 Å². The molecular weight excluding hydrogens is 359 g/mol. The molecule has 1 aliphatic heterocycles. The minimum atomic E-state index is 0. The molecule has 6 heteroatoms. The summed E-state index contributed by atoms with van der Waals surface area (Å²) in [4.78, 5) is 5.53. The zero-order chi connectivity index (χ0) is 14.7. The SMILES string of the molecule is Cl.Clc1cc(Cl)c(SCc2ccccn2)c2c1CCNCC2. The zero-order valence-electron chi connectivity index (χ0n) is 11.9. The monoisotopic (exact) mass is 374 g/mol. The van der Waals surface area contributed by atoms with Gasteiger partial charge in [0.1, 0.15) is 0 Å². The predicted molar refractivity (Wildman–Crippen MR) is 97.8 cm³/mol. The van der Waals surface area contributed by atoms with Gasteiger partial charge in [-0.3, -0.25) is 4.98 Å². The minimum absolute atomic E-state index is 0. The van der Waals surface area contributed by atoms with Gasteiger partial charge in [-0.15, -0.1) is 24.2 Å². The Bertz CT molecular complexity index is 635. The topological polar surface area (TPSA) is 24.9 Å². The molecule has 1 aliphatic rings. The lowest BCUT2D eigenvalue weighted by Gasteiger charge is -2.15. The van der Waals surface area contributed by atoms with Gasteiger partial charge in [-0.2, -0.15) is 0 Å². The van der Waals surface area contributed by atoms with E-state index in [0.29, 0.717) is 0 Å². The van der Waals surface area contributed by atoms with E-state index in [1.165, 1.54) is 11.1 Å². The Morgan fingerprint density at radius 2 is 1.86 bits per heavy atom. The van der Waals surface area contributed by atoms with Gasteiger partial charge >= 0.3 is 0 Å².